The van der Waals surface area contributed by atoms with Gasteiger partial charge < -0.3 is 16.6 Å². The van der Waals surface area contributed by atoms with Gasteiger partial charge in [0.05, 0.1) is 6.20 Å². The number of amidine groups is 2. The van der Waals surface area contributed by atoms with Crippen LogP contribution in [0, 0.1) is 10.8 Å². The van der Waals surface area contributed by atoms with Crippen molar-refractivity contribution in [2.24, 2.45) is 11.5 Å². The minimum Gasteiger partial charge on any atom is -0.506 e. The van der Waals surface area contributed by atoms with Crippen molar-refractivity contribution in [3.8, 4) is 22.7 Å². The Morgan fingerprint density at radius 3 is 2.38 bits per heavy atom. The fourth-order valence-electron chi connectivity index (χ4n) is 2.24. The highest BCUT2D eigenvalue weighted by atomic mass is 16.3. The molecule has 8 nitrogen and oxygen atoms in total. The van der Waals surface area contributed by atoms with Gasteiger partial charge in [-0.05, 0) is 24.3 Å². The van der Waals surface area contributed by atoms with E-state index in [0.29, 0.717) is 22.5 Å². The fourth-order valence-corrected chi connectivity index (χ4v) is 2.24. The van der Waals surface area contributed by atoms with Gasteiger partial charge in [0.25, 0.3) is 0 Å². The summed E-state index contributed by atoms with van der Waals surface area (Å²) >= 11 is 0. The molecular formula is C16H15N7O. The van der Waals surface area contributed by atoms with E-state index < -0.39 is 0 Å². The topological polar surface area (TPSA) is 151 Å². The summed E-state index contributed by atoms with van der Waals surface area (Å²) in [5, 5.41) is 33.1. The number of rotatable bonds is 4. The molecule has 0 aliphatic rings. The van der Waals surface area contributed by atoms with Gasteiger partial charge in [-0.1, -0.05) is 23.4 Å². The van der Waals surface area contributed by atoms with Crippen molar-refractivity contribution in [1.82, 2.24) is 15.0 Å². The first-order chi connectivity index (χ1) is 11.5. The predicted molar refractivity (Wildman–Crippen MR) is 90.5 cm³/mol. The summed E-state index contributed by atoms with van der Waals surface area (Å²) < 4.78 is 1.43. The Kier molecular flexibility index (Phi) is 3.70. The molecule has 0 bridgehead atoms. The van der Waals surface area contributed by atoms with Crippen molar-refractivity contribution in [3.05, 3.63) is 59.8 Å². The Bertz CT molecular complexity index is 945. The highest BCUT2D eigenvalue weighted by Gasteiger charge is 2.11. The van der Waals surface area contributed by atoms with Gasteiger partial charge in [-0.2, -0.15) is 0 Å². The number of aromatic hydroxyl groups is 1. The molecule has 24 heavy (non-hydrogen) atoms. The summed E-state index contributed by atoms with van der Waals surface area (Å²) in [5.41, 5.74) is 13.7. The minimum absolute atomic E-state index is 0.0262. The molecule has 0 radical (unpaired) electrons. The molecule has 8 heteroatoms. The van der Waals surface area contributed by atoms with E-state index in [-0.39, 0.29) is 17.4 Å². The second kappa shape index (κ2) is 5.84. The molecule has 0 saturated heterocycles. The molecule has 120 valence electrons. The first-order valence-electron chi connectivity index (χ1n) is 7.00. The van der Waals surface area contributed by atoms with E-state index >= 15 is 0 Å². The number of nitrogens with two attached hydrogens (primary N) is 2. The number of aromatic nitrogens is 3. The van der Waals surface area contributed by atoms with Crippen molar-refractivity contribution in [3.63, 3.8) is 0 Å². The zero-order chi connectivity index (χ0) is 17.3. The molecule has 3 aromatic rings. The number of nitrogens with one attached hydrogen (secondary N) is 2. The van der Waals surface area contributed by atoms with Crippen LogP contribution < -0.4 is 11.5 Å². The lowest BCUT2D eigenvalue weighted by Gasteiger charge is -2.05. The Hall–Kier alpha value is -3.68. The molecule has 1 aromatic heterocycles. The van der Waals surface area contributed by atoms with Crippen molar-refractivity contribution in [2.45, 2.75) is 0 Å². The summed E-state index contributed by atoms with van der Waals surface area (Å²) in [6.07, 6.45) is 1.65. The van der Waals surface area contributed by atoms with Gasteiger partial charge in [-0.3, -0.25) is 10.8 Å². The quantitative estimate of drug-likeness (QED) is 0.361. The molecule has 0 amide bonds. The average molecular weight is 321 g/mol. The Labute approximate surface area is 137 Å². The van der Waals surface area contributed by atoms with E-state index in [4.69, 9.17) is 22.3 Å². The highest BCUT2D eigenvalue weighted by Crippen LogP contribution is 2.24. The number of benzene rings is 2. The zero-order valence-electron chi connectivity index (χ0n) is 12.6. The minimum atomic E-state index is -0.128. The van der Waals surface area contributed by atoms with E-state index in [2.05, 4.69) is 10.3 Å². The number of hydrogen-bond acceptors (Lipinski definition) is 5. The van der Waals surface area contributed by atoms with Crippen molar-refractivity contribution < 1.29 is 5.11 Å². The van der Waals surface area contributed by atoms with Crippen LogP contribution in [-0.2, 0) is 0 Å². The summed E-state index contributed by atoms with van der Waals surface area (Å²) in [6, 6.07) is 11.7. The van der Waals surface area contributed by atoms with Crippen LogP contribution in [0.2, 0.25) is 0 Å². The van der Waals surface area contributed by atoms with Gasteiger partial charge in [0.15, 0.2) is 0 Å². The van der Waals surface area contributed by atoms with Crippen LogP contribution in [0.4, 0.5) is 0 Å². The lowest BCUT2D eigenvalue weighted by atomic mass is 10.1. The lowest BCUT2D eigenvalue weighted by molar-refractivity contribution is 0.469. The Morgan fingerprint density at radius 2 is 1.71 bits per heavy atom. The van der Waals surface area contributed by atoms with E-state index in [1.54, 1.807) is 36.5 Å². The van der Waals surface area contributed by atoms with Crippen molar-refractivity contribution >= 4 is 11.7 Å². The maximum atomic E-state index is 10.1. The van der Waals surface area contributed by atoms with Crippen LogP contribution in [0.5, 0.6) is 5.75 Å². The third-order valence-electron chi connectivity index (χ3n) is 3.50. The number of phenols is 1. The molecule has 2 aromatic carbocycles. The largest absolute Gasteiger partial charge is 0.506 e. The summed E-state index contributed by atoms with van der Waals surface area (Å²) in [4.78, 5) is 0. The molecule has 7 N–H and O–H groups in total. The Balaban J connectivity index is 1.98. The number of phenolic OH excluding ortho intramolecular Hbond substituents is 1. The molecule has 0 unspecified atom stereocenters. The molecule has 0 spiro atoms. The second-order valence-corrected chi connectivity index (χ2v) is 5.16. The van der Waals surface area contributed by atoms with Gasteiger partial charge in [0, 0.05) is 16.7 Å². The monoisotopic (exact) mass is 321 g/mol. The van der Waals surface area contributed by atoms with E-state index in [0.717, 1.165) is 5.56 Å². The van der Waals surface area contributed by atoms with Gasteiger partial charge in [0.1, 0.15) is 28.8 Å². The first kappa shape index (κ1) is 15.2. The van der Waals surface area contributed by atoms with Crippen LogP contribution in [0.1, 0.15) is 11.1 Å². The van der Waals surface area contributed by atoms with Crippen LogP contribution in [0.3, 0.4) is 0 Å². The number of nitrogen functional groups attached to an aromatic ring is 2. The second-order valence-electron chi connectivity index (χ2n) is 5.16. The number of hydrogen-bond donors (Lipinski definition) is 5. The SMILES string of the molecule is N=C(N)c1cccc(-c2cn(-c3ccc(C(=N)N)cc3O)nn2)c1. The summed E-state index contributed by atoms with van der Waals surface area (Å²) in [7, 11) is 0. The van der Waals surface area contributed by atoms with Crippen LogP contribution >= 0.6 is 0 Å². The smallest absolute Gasteiger partial charge is 0.142 e. The molecule has 0 fully saturated rings. The van der Waals surface area contributed by atoms with Crippen molar-refractivity contribution in [2.75, 3.05) is 0 Å². The lowest BCUT2D eigenvalue weighted by Crippen LogP contribution is -2.11. The molecular weight excluding hydrogens is 306 g/mol. The molecule has 0 saturated carbocycles. The van der Waals surface area contributed by atoms with Crippen molar-refractivity contribution in [1.29, 1.82) is 10.8 Å². The van der Waals surface area contributed by atoms with E-state index in [1.807, 2.05) is 6.07 Å². The standard InChI is InChI=1S/C16H15N7O/c17-15(18)10-3-1-2-9(6-10)12-8-23(22-21-12)13-5-4-11(16(19)20)7-14(13)24/h1-8,24H,(H3,17,18)(H3,19,20). The van der Waals surface area contributed by atoms with Gasteiger partial charge in [0.2, 0.25) is 0 Å². The van der Waals surface area contributed by atoms with E-state index in [9.17, 15) is 5.11 Å². The third-order valence-corrected chi connectivity index (χ3v) is 3.50. The average Bonchev–Trinajstić information content (AvgIpc) is 3.04. The molecule has 0 aliphatic carbocycles. The maximum absolute atomic E-state index is 10.1. The van der Waals surface area contributed by atoms with Crippen LogP contribution in [0.15, 0.2) is 48.7 Å². The Morgan fingerprint density at radius 1 is 1.00 bits per heavy atom. The van der Waals surface area contributed by atoms with Gasteiger partial charge in [-0.15, -0.1) is 5.10 Å². The molecule has 0 aliphatic heterocycles. The first-order valence-corrected chi connectivity index (χ1v) is 7.00. The molecule has 1 heterocycles. The molecule has 3 rings (SSSR count). The van der Waals surface area contributed by atoms with Crippen LogP contribution in [-0.4, -0.2) is 31.8 Å². The summed E-state index contributed by atoms with van der Waals surface area (Å²) in [5.74, 6) is -0.212. The fraction of sp³-hybridized carbons (Fsp3) is 0. The molecule has 0 atom stereocenters. The highest BCUT2D eigenvalue weighted by molar-refractivity contribution is 5.96. The summed E-state index contributed by atoms with van der Waals surface area (Å²) in [6.45, 7) is 0. The zero-order valence-corrected chi connectivity index (χ0v) is 12.6. The van der Waals surface area contributed by atoms with Gasteiger partial charge in [-0.25, -0.2) is 4.68 Å². The maximum Gasteiger partial charge on any atom is 0.142 e. The third kappa shape index (κ3) is 2.80. The number of nitrogens with zero attached hydrogens (tertiary/aromatic N) is 3. The normalized spacial score (nSPS) is 10.5. The predicted octanol–water partition coefficient (Wildman–Crippen LogP) is 1.21. The van der Waals surface area contributed by atoms with Crippen LogP contribution in [0.25, 0.3) is 16.9 Å². The van der Waals surface area contributed by atoms with E-state index in [1.165, 1.54) is 10.7 Å². The van der Waals surface area contributed by atoms with Gasteiger partial charge >= 0.3 is 0 Å².